The zero-order valence-corrected chi connectivity index (χ0v) is 19.5. The topological polar surface area (TPSA) is 65.6 Å². The molecule has 172 valence electrons. The van der Waals surface area contributed by atoms with E-state index in [1.165, 1.54) is 5.56 Å². The number of imidazole rings is 2. The fraction of sp³-hybridized carbons (Fsp3) is 0.231. The van der Waals surface area contributed by atoms with Gasteiger partial charge in [-0.25, -0.2) is 4.98 Å². The van der Waals surface area contributed by atoms with Crippen LogP contribution in [0.4, 0.5) is 5.95 Å². The average Bonchev–Trinajstić information content (AvgIpc) is 3.35. The Kier molecular flexibility index (Phi) is 5.36. The molecule has 1 fully saturated rings. The number of rotatable bonds is 7. The number of aryl methyl sites for hydroxylation is 1. The third-order valence-electron chi connectivity index (χ3n) is 6.17. The standard InChI is InChI=1S/C26H24ClN5O2/c1-31-23-11-18(10-19-15-33-16-19)4-7-22(23)29-26(31)28-13-17-2-5-21(6-3-17)34-25-14-32-9-8-20(27)12-24(32)30-25/h2-9,11-12,14,19H,10,13,15-16H2,1H3,(H,28,29). The number of nitrogens with one attached hydrogen (secondary N) is 1. The van der Waals surface area contributed by atoms with Crippen LogP contribution in [0.3, 0.4) is 0 Å². The van der Waals surface area contributed by atoms with Crippen LogP contribution in [0.15, 0.2) is 67.0 Å². The van der Waals surface area contributed by atoms with Gasteiger partial charge in [0.25, 0.3) is 0 Å². The maximum atomic E-state index is 6.03. The molecule has 0 saturated carbocycles. The molecule has 1 aliphatic heterocycles. The van der Waals surface area contributed by atoms with Gasteiger partial charge in [-0.2, -0.15) is 4.98 Å². The van der Waals surface area contributed by atoms with Crippen LogP contribution >= 0.6 is 11.6 Å². The molecule has 0 aliphatic carbocycles. The van der Waals surface area contributed by atoms with E-state index in [0.717, 1.165) is 53.6 Å². The van der Waals surface area contributed by atoms with Crippen molar-refractivity contribution in [1.82, 2.24) is 18.9 Å². The van der Waals surface area contributed by atoms with Crippen molar-refractivity contribution >= 4 is 34.2 Å². The van der Waals surface area contributed by atoms with Crippen molar-refractivity contribution in [3.05, 3.63) is 83.1 Å². The van der Waals surface area contributed by atoms with Crippen molar-refractivity contribution in [3.63, 3.8) is 0 Å². The van der Waals surface area contributed by atoms with Crippen molar-refractivity contribution in [2.24, 2.45) is 13.0 Å². The summed E-state index contributed by atoms with van der Waals surface area (Å²) in [5, 5.41) is 4.10. The summed E-state index contributed by atoms with van der Waals surface area (Å²) < 4.78 is 15.2. The molecule has 1 aliphatic rings. The van der Waals surface area contributed by atoms with E-state index in [2.05, 4.69) is 33.1 Å². The molecule has 0 radical (unpaired) electrons. The van der Waals surface area contributed by atoms with Crippen molar-refractivity contribution in [2.45, 2.75) is 13.0 Å². The Morgan fingerprint density at radius 2 is 1.88 bits per heavy atom. The quantitative estimate of drug-likeness (QED) is 0.339. The molecule has 4 heterocycles. The van der Waals surface area contributed by atoms with E-state index < -0.39 is 0 Å². The van der Waals surface area contributed by atoms with Gasteiger partial charge in [-0.1, -0.05) is 29.8 Å². The maximum absolute atomic E-state index is 6.03. The van der Waals surface area contributed by atoms with E-state index in [4.69, 9.17) is 26.1 Å². The molecule has 0 bridgehead atoms. The minimum Gasteiger partial charge on any atom is -0.437 e. The Balaban J connectivity index is 1.11. The molecule has 1 N–H and O–H groups in total. The molecule has 7 nitrogen and oxygen atoms in total. The normalized spacial score (nSPS) is 13.9. The van der Waals surface area contributed by atoms with E-state index >= 15 is 0 Å². The molecule has 8 heteroatoms. The molecule has 5 aromatic rings. The highest BCUT2D eigenvalue weighted by Crippen LogP contribution is 2.25. The lowest BCUT2D eigenvalue weighted by Crippen LogP contribution is -2.29. The van der Waals surface area contributed by atoms with Crippen LogP contribution in [0.5, 0.6) is 11.6 Å². The Morgan fingerprint density at radius 3 is 2.68 bits per heavy atom. The molecule has 2 aromatic carbocycles. The first-order chi connectivity index (χ1) is 16.6. The number of nitrogens with zero attached hydrogens (tertiary/aromatic N) is 4. The fourth-order valence-corrected chi connectivity index (χ4v) is 4.37. The van der Waals surface area contributed by atoms with Crippen LogP contribution in [-0.2, 0) is 24.8 Å². The minimum absolute atomic E-state index is 0.525. The second-order valence-electron chi connectivity index (χ2n) is 8.71. The van der Waals surface area contributed by atoms with Crippen molar-refractivity contribution in [1.29, 1.82) is 0 Å². The summed E-state index contributed by atoms with van der Waals surface area (Å²) in [6.07, 6.45) is 4.75. The second kappa shape index (κ2) is 8.66. The number of hydrogen-bond donors (Lipinski definition) is 1. The van der Waals surface area contributed by atoms with Gasteiger partial charge in [0.05, 0.1) is 30.4 Å². The SMILES string of the molecule is Cn1c(NCc2ccc(Oc3cn4ccc(Cl)cc4n3)cc2)nc2ccc(CC3COC3)cc21. The van der Waals surface area contributed by atoms with Gasteiger partial charge in [-0.3, -0.25) is 0 Å². The number of pyridine rings is 1. The fourth-order valence-electron chi connectivity index (χ4n) is 4.22. The van der Waals surface area contributed by atoms with Crippen LogP contribution in [0.25, 0.3) is 16.7 Å². The molecule has 3 aromatic heterocycles. The lowest BCUT2D eigenvalue weighted by Gasteiger charge is -2.25. The lowest BCUT2D eigenvalue weighted by atomic mass is 9.98. The van der Waals surface area contributed by atoms with E-state index in [1.807, 2.05) is 54.2 Å². The maximum Gasteiger partial charge on any atom is 0.238 e. The average molecular weight is 474 g/mol. The van der Waals surface area contributed by atoms with E-state index in [9.17, 15) is 0 Å². The lowest BCUT2D eigenvalue weighted by molar-refractivity contribution is -0.0312. The van der Waals surface area contributed by atoms with Gasteiger partial charge in [0.2, 0.25) is 11.8 Å². The third kappa shape index (κ3) is 4.20. The zero-order chi connectivity index (χ0) is 23.1. The summed E-state index contributed by atoms with van der Waals surface area (Å²) in [7, 11) is 2.05. The summed E-state index contributed by atoms with van der Waals surface area (Å²) in [6.45, 7) is 2.40. The van der Waals surface area contributed by atoms with Gasteiger partial charge >= 0.3 is 0 Å². The summed E-state index contributed by atoms with van der Waals surface area (Å²) in [4.78, 5) is 9.22. The van der Waals surface area contributed by atoms with Crippen LogP contribution in [0.1, 0.15) is 11.1 Å². The molecular formula is C26H24ClN5O2. The zero-order valence-electron chi connectivity index (χ0n) is 18.7. The molecule has 6 rings (SSSR count). The number of hydrogen-bond acceptors (Lipinski definition) is 5. The predicted molar refractivity (Wildman–Crippen MR) is 133 cm³/mol. The summed E-state index contributed by atoms with van der Waals surface area (Å²) in [5.74, 6) is 2.74. The first-order valence-corrected chi connectivity index (χ1v) is 11.7. The molecule has 0 atom stereocenters. The number of ether oxygens (including phenoxy) is 2. The smallest absolute Gasteiger partial charge is 0.238 e. The highest BCUT2D eigenvalue weighted by atomic mass is 35.5. The number of halogens is 1. The van der Waals surface area contributed by atoms with Gasteiger partial charge < -0.3 is 23.8 Å². The third-order valence-corrected chi connectivity index (χ3v) is 6.41. The summed E-state index contributed by atoms with van der Waals surface area (Å²) in [5.41, 5.74) is 5.34. The van der Waals surface area contributed by atoms with E-state index in [0.29, 0.717) is 23.4 Å². The Labute approximate surface area is 201 Å². The van der Waals surface area contributed by atoms with Gasteiger partial charge in [0.15, 0.2) is 0 Å². The number of aromatic nitrogens is 4. The minimum atomic E-state index is 0.525. The number of fused-ring (bicyclic) bond motifs is 2. The largest absolute Gasteiger partial charge is 0.437 e. The van der Waals surface area contributed by atoms with Crippen molar-refractivity contribution < 1.29 is 9.47 Å². The molecule has 0 amide bonds. The van der Waals surface area contributed by atoms with Gasteiger partial charge in [-0.05, 0) is 47.9 Å². The highest BCUT2D eigenvalue weighted by molar-refractivity contribution is 6.30. The highest BCUT2D eigenvalue weighted by Gasteiger charge is 2.19. The summed E-state index contributed by atoms with van der Waals surface area (Å²) in [6, 6.07) is 18.1. The first-order valence-electron chi connectivity index (χ1n) is 11.3. The van der Waals surface area contributed by atoms with Gasteiger partial charge in [0.1, 0.15) is 11.4 Å². The predicted octanol–water partition coefficient (Wildman–Crippen LogP) is 5.47. The Hall–Kier alpha value is -3.55. The molecule has 0 unspecified atom stereocenters. The van der Waals surface area contributed by atoms with Crippen LogP contribution in [-0.4, -0.2) is 32.1 Å². The van der Waals surface area contributed by atoms with Crippen LogP contribution in [0, 0.1) is 5.92 Å². The molecule has 1 saturated heterocycles. The van der Waals surface area contributed by atoms with E-state index in [1.54, 1.807) is 6.07 Å². The number of anilines is 1. The van der Waals surface area contributed by atoms with Gasteiger partial charge in [0, 0.05) is 36.8 Å². The van der Waals surface area contributed by atoms with Crippen LogP contribution < -0.4 is 10.1 Å². The Bertz CT molecular complexity index is 1470. The van der Waals surface area contributed by atoms with Gasteiger partial charge in [-0.15, -0.1) is 0 Å². The second-order valence-corrected chi connectivity index (χ2v) is 9.15. The van der Waals surface area contributed by atoms with Crippen LogP contribution in [0.2, 0.25) is 5.02 Å². The summed E-state index contributed by atoms with van der Waals surface area (Å²) >= 11 is 6.03. The monoisotopic (exact) mass is 473 g/mol. The van der Waals surface area contributed by atoms with E-state index in [-0.39, 0.29) is 0 Å². The van der Waals surface area contributed by atoms with Crippen molar-refractivity contribution in [3.8, 4) is 11.6 Å². The Morgan fingerprint density at radius 1 is 1.06 bits per heavy atom. The molecular weight excluding hydrogens is 450 g/mol. The first kappa shape index (κ1) is 21.0. The number of benzene rings is 2. The molecule has 0 spiro atoms. The van der Waals surface area contributed by atoms with Crippen molar-refractivity contribution in [2.75, 3.05) is 18.5 Å². The molecule has 34 heavy (non-hydrogen) atoms.